The predicted molar refractivity (Wildman–Crippen MR) is 128 cm³/mol. The van der Waals surface area contributed by atoms with E-state index in [4.69, 9.17) is 18.9 Å². The van der Waals surface area contributed by atoms with Crippen LogP contribution in [0.3, 0.4) is 0 Å². The molecule has 0 aliphatic carbocycles. The van der Waals surface area contributed by atoms with Crippen molar-refractivity contribution in [2.24, 2.45) is 0 Å². The van der Waals surface area contributed by atoms with Crippen LogP contribution in [0.4, 0.5) is 0 Å². The van der Waals surface area contributed by atoms with E-state index in [1.165, 1.54) is 0 Å². The van der Waals surface area contributed by atoms with Crippen LogP contribution in [0.15, 0.2) is 53.0 Å². The van der Waals surface area contributed by atoms with Crippen molar-refractivity contribution in [1.82, 2.24) is 9.88 Å². The monoisotopic (exact) mass is 520 g/mol. The largest absolute Gasteiger partial charge is 0.477 e. The van der Waals surface area contributed by atoms with Crippen molar-refractivity contribution < 1.29 is 23.7 Å². The average Bonchev–Trinajstić information content (AvgIpc) is 3.15. The summed E-state index contributed by atoms with van der Waals surface area (Å²) in [5.41, 5.74) is 5.24. The van der Waals surface area contributed by atoms with Gasteiger partial charge in [0.25, 0.3) is 0 Å². The molecule has 8 heteroatoms. The molecule has 6 rings (SSSR count). The second-order valence-electron chi connectivity index (χ2n) is 8.52. The molecule has 172 valence electrons. The van der Waals surface area contributed by atoms with E-state index in [1.54, 1.807) is 18.5 Å². The number of ketones is 1. The summed E-state index contributed by atoms with van der Waals surface area (Å²) >= 11 is 3.53. The van der Waals surface area contributed by atoms with Crippen molar-refractivity contribution in [2.45, 2.75) is 26.6 Å². The number of nitrogens with zero attached hydrogens (tertiary/aromatic N) is 2. The van der Waals surface area contributed by atoms with Crippen LogP contribution in [-0.2, 0) is 24.4 Å². The van der Waals surface area contributed by atoms with Gasteiger partial charge in [0.1, 0.15) is 24.0 Å². The Morgan fingerprint density at radius 3 is 2.79 bits per heavy atom. The molecule has 0 radical (unpaired) electrons. The zero-order valence-electron chi connectivity index (χ0n) is 18.5. The number of aromatic nitrogens is 1. The fourth-order valence-corrected chi connectivity index (χ4v) is 5.12. The van der Waals surface area contributed by atoms with Gasteiger partial charge in [-0.05, 0) is 48.9 Å². The number of ether oxygens (including phenoxy) is 4. The van der Waals surface area contributed by atoms with Crippen molar-refractivity contribution in [1.29, 1.82) is 0 Å². The Kier molecular flexibility index (Phi) is 5.36. The number of benzene rings is 2. The summed E-state index contributed by atoms with van der Waals surface area (Å²) in [5, 5.41) is 0. The summed E-state index contributed by atoms with van der Waals surface area (Å²) in [6, 6.07) is 9.76. The maximum Gasteiger partial charge on any atom is 0.231 e. The molecule has 7 nitrogen and oxygen atoms in total. The minimum Gasteiger partial charge on any atom is -0.477 e. The van der Waals surface area contributed by atoms with E-state index in [-0.39, 0.29) is 18.3 Å². The molecule has 0 bridgehead atoms. The lowest BCUT2D eigenvalue weighted by Crippen LogP contribution is -2.32. The number of hydrogen-bond donors (Lipinski definition) is 0. The Hall–Kier alpha value is -3.20. The highest BCUT2D eigenvalue weighted by Gasteiger charge is 2.34. The van der Waals surface area contributed by atoms with Gasteiger partial charge in [-0.1, -0.05) is 15.9 Å². The van der Waals surface area contributed by atoms with Gasteiger partial charge in [0, 0.05) is 52.2 Å². The molecular formula is C26H21BrN2O5. The first kappa shape index (κ1) is 21.3. The predicted octanol–water partition coefficient (Wildman–Crippen LogP) is 4.99. The average molecular weight is 521 g/mol. The van der Waals surface area contributed by atoms with Crippen molar-refractivity contribution in [3.05, 3.63) is 86.3 Å². The van der Waals surface area contributed by atoms with Gasteiger partial charge in [0.2, 0.25) is 5.78 Å². The molecule has 0 atom stereocenters. The van der Waals surface area contributed by atoms with Crippen molar-refractivity contribution >= 4 is 27.8 Å². The van der Waals surface area contributed by atoms with Crippen molar-refractivity contribution in [3.63, 3.8) is 0 Å². The number of carbonyl (C=O) groups is 1. The highest BCUT2D eigenvalue weighted by atomic mass is 79.9. The van der Waals surface area contributed by atoms with E-state index < -0.39 is 0 Å². The molecule has 0 saturated heterocycles. The molecule has 0 saturated carbocycles. The highest BCUT2D eigenvalue weighted by Crippen LogP contribution is 2.44. The summed E-state index contributed by atoms with van der Waals surface area (Å²) in [7, 11) is 0. The fourth-order valence-electron chi connectivity index (χ4n) is 4.60. The number of Topliss-reactive ketones (excluding diaryl/α,β-unsaturated/α-hetero) is 1. The number of carbonyl (C=O) groups excluding carboxylic acids is 1. The normalized spacial score (nSPS) is 17.9. The molecule has 0 N–H and O–H groups in total. The Morgan fingerprint density at radius 2 is 1.94 bits per heavy atom. The summed E-state index contributed by atoms with van der Waals surface area (Å²) in [6.45, 7) is 4.47. The van der Waals surface area contributed by atoms with E-state index in [1.807, 2.05) is 37.3 Å². The Labute approximate surface area is 205 Å². The lowest BCUT2D eigenvalue weighted by atomic mass is 9.99. The first-order chi connectivity index (χ1) is 16.6. The van der Waals surface area contributed by atoms with E-state index in [0.29, 0.717) is 36.9 Å². The molecule has 3 aliphatic rings. The van der Waals surface area contributed by atoms with Crippen molar-refractivity contribution in [2.75, 3.05) is 13.5 Å². The van der Waals surface area contributed by atoms with E-state index in [9.17, 15) is 4.79 Å². The zero-order chi connectivity index (χ0) is 23.2. The van der Waals surface area contributed by atoms with Gasteiger partial charge in [-0.25, -0.2) is 0 Å². The van der Waals surface area contributed by atoms with Gasteiger partial charge in [-0.15, -0.1) is 0 Å². The van der Waals surface area contributed by atoms with E-state index >= 15 is 0 Å². The SMILES string of the molecule is Cc1c2c(cc3c1O/C(=C\c1cc(Br)cc4c1OCOC4)C3=O)CN(Cc1ccncc1)CO2. The molecule has 2 aromatic carbocycles. The lowest BCUT2D eigenvalue weighted by molar-refractivity contribution is -0.0165. The number of pyridine rings is 1. The van der Waals surface area contributed by atoms with Crippen LogP contribution < -0.4 is 14.2 Å². The number of allylic oxidation sites excluding steroid dienone is 1. The number of rotatable bonds is 3. The molecule has 0 fully saturated rings. The standard InChI is InChI=1S/C26H21BrN2O5/c1-15-24-18(11-29(13-32-24)10-16-2-4-28-5-3-16)8-21-23(30)22(34-25(15)21)9-17-6-20(27)7-19-12-31-14-33-26(17)19/h2-9H,10-14H2,1H3/b22-9-. The second-order valence-corrected chi connectivity index (χ2v) is 9.43. The van der Waals surface area contributed by atoms with Gasteiger partial charge in [0.05, 0.1) is 12.2 Å². The minimum absolute atomic E-state index is 0.145. The highest BCUT2D eigenvalue weighted by molar-refractivity contribution is 9.10. The summed E-state index contributed by atoms with van der Waals surface area (Å²) in [5.74, 6) is 2.18. The Morgan fingerprint density at radius 1 is 1.09 bits per heavy atom. The van der Waals surface area contributed by atoms with Crippen LogP contribution in [0, 0.1) is 6.92 Å². The van der Waals surface area contributed by atoms with Crippen molar-refractivity contribution in [3.8, 4) is 17.2 Å². The van der Waals surface area contributed by atoms with Gasteiger partial charge < -0.3 is 18.9 Å². The first-order valence-electron chi connectivity index (χ1n) is 10.9. The molecule has 0 unspecified atom stereocenters. The molecule has 3 aromatic rings. The van der Waals surface area contributed by atoms with Gasteiger partial charge >= 0.3 is 0 Å². The molecule has 0 spiro atoms. The second kappa shape index (κ2) is 8.54. The first-order valence-corrected chi connectivity index (χ1v) is 11.7. The van der Waals surface area contributed by atoms with E-state index in [2.05, 4.69) is 25.8 Å². The van der Waals surface area contributed by atoms with Crippen LogP contribution in [-0.4, -0.2) is 29.2 Å². The molecular weight excluding hydrogens is 500 g/mol. The molecule has 3 aliphatic heterocycles. The Balaban J connectivity index is 1.31. The zero-order valence-corrected chi connectivity index (χ0v) is 20.1. The summed E-state index contributed by atoms with van der Waals surface area (Å²) in [6.07, 6.45) is 5.32. The van der Waals surface area contributed by atoms with Crippen LogP contribution in [0.25, 0.3) is 6.08 Å². The Bertz CT molecular complexity index is 1340. The maximum absolute atomic E-state index is 13.3. The number of hydrogen-bond acceptors (Lipinski definition) is 7. The maximum atomic E-state index is 13.3. The molecule has 1 aromatic heterocycles. The quantitative estimate of drug-likeness (QED) is 0.450. The third-order valence-corrected chi connectivity index (χ3v) is 6.61. The topological polar surface area (TPSA) is 70.1 Å². The third kappa shape index (κ3) is 3.77. The van der Waals surface area contributed by atoms with E-state index in [0.717, 1.165) is 44.6 Å². The van der Waals surface area contributed by atoms with Gasteiger partial charge in [-0.3, -0.25) is 14.7 Å². The number of halogens is 1. The van der Waals surface area contributed by atoms with Gasteiger partial charge in [-0.2, -0.15) is 0 Å². The fraction of sp³-hybridized carbons (Fsp3) is 0.231. The third-order valence-electron chi connectivity index (χ3n) is 6.15. The minimum atomic E-state index is -0.145. The van der Waals surface area contributed by atoms with Crippen LogP contribution in [0.5, 0.6) is 17.2 Å². The molecule has 34 heavy (non-hydrogen) atoms. The van der Waals surface area contributed by atoms with Crippen LogP contribution in [0.1, 0.15) is 38.2 Å². The lowest BCUT2D eigenvalue weighted by Gasteiger charge is -2.30. The summed E-state index contributed by atoms with van der Waals surface area (Å²) in [4.78, 5) is 19.6. The molecule has 4 heterocycles. The smallest absolute Gasteiger partial charge is 0.231 e. The number of fused-ring (bicyclic) bond motifs is 3. The van der Waals surface area contributed by atoms with Crippen LogP contribution in [0.2, 0.25) is 0 Å². The molecule has 0 amide bonds. The van der Waals surface area contributed by atoms with Gasteiger partial charge in [0.15, 0.2) is 12.6 Å². The van der Waals surface area contributed by atoms with Crippen LogP contribution >= 0.6 is 15.9 Å². The summed E-state index contributed by atoms with van der Waals surface area (Å²) < 4.78 is 24.2.